The van der Waals surface area contributed by atoms with Gasteiger partial charge in [-0.05, 0) is 0 Å². The molecule has 0 aromatic heterocycles. The van der Waals surface area contributed by atoms with Crippen molar-refractivity contribution in [2.24, 2.45) is 0 Å². The second-order valence-electron chi connectivity index (χ2n) is 1.08. The molecule has 0 bridgehead atoms. The van der Waals surface area contributed by atoms with Crippen LogP contribution in [0.25, 0.3) is 0 Å². The smallest absolute Gasteiger partial charge is 0.284 e. The summed E-state index contributed by atoms with van der Waals surface area (Å²) < 4.78 is 47.9. The molecule has 0 spiro atoms. The van der Waals surface area contributed by atoms with E-state index in [9.17, 15) is 17.6 Å². The van der Waals surface area contributed by atoms with Crippen molar-refractivity contribution in [3.63, 3.8) is 0 Å². The Balaban J connectivity index is 3.38. The zero-order chi connectivity index (χ0) is 7.44. The molecule has 2 unspecified atom stereocenters. The van der Waals surface area contributed by atoms with Crippen LogP contribution in [0.4, 0.5) is 17.6 Å². The van der Waals surface area contributed by atoms with Crippen molar-refractivity contribution in [1.82, 2.24) is 0 Å². The van der Waals surface area contributed by atoms with Gasteiger partial charge in [0.15, 0.2) is 0 Å². The minimum absolute atomic E-state index is 2.54. The van der Waals surface area contributed by atoms with E-state index in [4.69, 9.17) is 0 Å². The van der Waals surface area contributed by atoms with Crippen LogP contribution < -0.4 is 0 Å². The Hall–Kier alpha value is -0.0300. The third-order valence-corrected chi connectivity index (χ3v) is 0.629. The van der Waals surface area contributed by atoms with E-state index in [2.05, 4.69) is 16.3 Å². The molecule has 9 heavy (non-hydrogen) atoms. The van der Waals surface area contributed by atoms with E-state index in [1.807, 2.05) is 0 Å². The molecule has 0 amide bonds. The van der Waals surface area contributed by atoms with E-state index in [-0.39, 0.29) is 0 Å². The SMILES string of the molecule is FC(F)OC(F)C(F)Cl. The van der Waals surface area contributed by atoms with Crippen molar-refractivity contribution in [3.8, 4) is 0 Å². The summed E-state index contributed by atoms with van der Waals surface area (Å²) in [5.41, 5.74) is -2.54. The first kappa shape index (κ1) is 8.97. The quantitative estimate of drug-likeness (QED) is 0.461. The highest BCUT2D eigenvalue weighted by atomic mass is 35.5. The van der Waals surface area contributed by atoms with Gasteiger partial charge in [-0.1, -0.05) is 11.6 Å². The first-order valence-electron chi connectivity index (χ1n) is 1.90. The van der Waals surface area contributed by atoms with E-state index < -0.39 is 18.6 Å². The first-order chi connectivity index (χ1) is 4.04. The number of hydrogen-bond acceptors (Lipinski definition) is 1. The number of halogens is 5. The van der Waals surface area contributed by atoms with Crippen molar-refractivity contribution in [2.45, 2.75) is 18.6 Å². The molecule has 56 valence electrons. The van der Waals surface area contributed by atoms with E-state index in [1.165, 1.54) is 0 Å². The highest BCUT2D eigenvalue weighted by Crippen LogP contribution is 2.12. The van der Waals surface area contributed by atoms with Crippen molar-refractivity contribution < 1.29 is 22.3 Å². The number of hydrogen-bond donors (Lipinski definition) is 0. The summed E-state index contributed by atoms with van der Waals surface area (Å²) in [5, 5.41) is 0. The van der Waals surface area contributed by atoms with Crippen LogP contribution in [0.1, 0.15) is 0 Å². The lowest BCUT2D eigenvalue weighted by Crippen LogP contribution is -2.18. The van der Waals surface area contributed by atoms with Crippen molar-refractivity contribution in [3.05, 3.63) is 0 Å². The Morgan fingerprint density at radius 1 is 1.11 bits per heavy atom. The summed E-state index contributed by atoms with van der Waals surface area (Å²) >= 11 is 4.37. The van der Waals surface area contributed by atoms with E-state index in [0.29, 0.717) is 0 Å². The lowest BCUT2D eigenvalue weighted by molar-refractivity contribution is -0.209. The molecule has 0 fully saturated rings. The largest absolute Gasteiger partial charge is 0.347 e. The van der Waals surface area contributed by atoms with Crippen LogP contribution in [0.3, 0.4) is 0 Å². The molecule has 0 rings (SSSR count). The molecule has 0 N–H and O–H groups in total. The molecule has 0 saturated heterocycles. The lowest BCUT2D eigenvalue weighted by Gasteiger charge is -2.06. The Morgan fingerprint density at radius 2 is 1.56 bits per heavy atom. The summed E-state index contributed by atoms with van der Waals surface area (Å²) in [6, 6.07) is 0. The second kappa shape index (κ2) is 3.90. The fraction of sp³-hybridized carbons (Fsp3) is 1.00. The molecule has 0 aliphatic rings. The predicted molar refractivity (Wildman–Crippen MR) is 22.7 cm³/mol. The molecule has 6 heteroatoms. The van der Waals surface area contributed by atoms with Gasteiger partial charge in [-0.25, -0.2) is 8.78 Å². The molecule has 2 atom stereocenters. The average molecular weight is 167 g/mol. The Kier molecular flexibility index (Phi) is 3.88. The van der Waals surface area contributed by atoms with Gasteiger partial charge >= 0.3 is 6.61 Å². The zero-order valence-electron chi connectivity index (χ0n) is 4.03. The number of alkyl halides is 5. The van der Waals surface area contributed by atoms with Gasteiger partial charge in [-0.15, -0.1) is 0 Å². The minimum atomic E-state index is -3.34. The maximum atomic E-state index is 11.6. The molecule has 1 nitrogen and oxygen atoms in total. The summed E-state index contributed by atoms with van der Waals surface area (Å²) in [6.45, 7) is -3.34. The molecule has 0 heterocycles. The fourth-order valence-corrected chi connectivity index (χ4v) is 0.217. The van der Waals surface area contributed by atoms with Crippen LogP contribution in [0.2, 0.25) is 0 Å². The van der Waals surface area contributed by atoms with Gasteiger partial charge in [0.2, 0.25) is 12.0 Å². The molecule has 0 aliphatic heterocycles. The molecule has 0 aromatic carbocycles. The highest BCUT2D eigenvalue weighted by Gasteiger charge is 2.21. The van der Waals surface area contributed by atoms with Crippen LogP contribution in [0, 0.1) is 0 Å². The summed E-state index contributed by atoms with van der Waals surface area (Å²) in [4.78, 5) is 0. The molecule has 0 saturated carbocycles. The fourth-order valence-electron chi connectivity index (χ4n) is 0.158. The van der Waals surface area contributed by atoms with Crippen molar-refractivity contribution in [2.75, 3.05) is 0 Å². The highest BCUT2D eigenvalue weighted by molar-refractivity contribution is 6.19. The van der Waals surface area contributed by atoms with Gasteiger partial charge in [-0.2, -0.15) is 8.78 Å². The zero-order valence-corrected chi connectivity index (χ0v) is 4.79. The van der Waals surface area contributed by atoms with Gasteiger partial charge in [-0.3, -0.25) is 4.74 Å². The van der Waals surface area contributed by atoms with Gasteiger partial charge in [0, 0.05) is 0 Å². The van der Waals surface area contributed by atoms with Crippen LogP contribution in [0.5, 0.6) is 0 Å². The van der Waals surface area contributed by atoms with Crippen LogP contribution in [-0.4, -0.2) is 18.6 Å². The third-order valence-electron chi connectivity index (χ3n) is 0.431. The topological polar surface area (TPSA) is 9.23 Å². The second-order valence-corrected chi connectivity index (χ2v) is 1.50. The first-order valence-corrected chi connectivity index (χ1v) is 2.33. The van der Waals surface area contributed by atoms with Gasteiger partial charge in [0.1, 0.15) is 0 Å². The maximum Gasteiger partial charge on any atom is 0.347 e. The molecule has 0 aromatic rings. The molecule has 0 radical (unpaired) electrons. The minimum Gasteiger partial charge on any atom is -0.284 e. The van der Waals surface area contributed by atoms with Crippen LogP contribution >= 0.6 is 11.6 Å². The monoisotopic (exact) mass is 166 g/mol. The van der Waals surface area contributed by atoms with Crippen molar-refractivity contribution in [1.29, 1.82) is 0 Å². The van der Waals surface area contributed by atoms with E-state index >= 15 is 0 Å². The predicted octanol–water partition coefficient (Wildman–Crippen LogP) is 2.06. The number of ether oxygens (including phenoxy) is 1. The Bertz CT molecular complexity index is 78.2. The van der Waals surface area contributed by atoms with Crippen molar-refractivity contribution >= 4 is 11.6 Å². The Labute approximate surface area is 53.5 Å². The summed E-state index contributed by atoms with van der Waals surface area (Å²) in [6.07, 6.45) is -2.76. The average Bonchev–Trinajstić information content (AvgIpc) is 1.63. The lowest BCUT2D eigenvalue weighted by atomic mass is 10.7. The number of rotatable bonds is 3. The third kappa shape index (κ3) is 4.47. The van der Waals surface area contributed by atoms with Crippen LogP contribution in [0.15, 0.2) is 0 Å². The van der Waals surface area contributed by atoms with Crippen LogP contribution in [-0.2, 0) is 4.74 Å². The summed E-state index contributed by atoms with van der Waals surface area (Å²) in [5.74, 6) is 0. The van der Waals surface area contributed by atoms with Gasteiger partial charge < -0.3 is 0 Å². The summed E-state index contributed by atoms with van der Waals surface area (Å²) in [7, 11) is 0. The standard InChI is InChI=1S/C3H3ClF4O/c4-1(5)2(6)9-3(7)8/h1-3H. The maximum absolute atomic E-state index is 11.6. The molecular formula is C3H3ClF4O. The van der Waals surface area contributed by atoms with E-state index in [0.717, 1.165) is 0 Å². The van der Waals surface area contributed by atoms with E-state index in [1.54, 1.807) is 0 Å². The molecule has 0 aliphatic carbocycles. The normalized spacial score (nSPS) is 18.0. The molecular weight excluding hydrogens is 163 g/mol. The Morgan fingerprint density at radius 3 is 1.67 bits per heavy atom. The van der Waals surface area contributed by atoms with Gasteiger partial charge in [0.05, 0.1) is 0 Å². The van der Waals surface area contributed by atoms with Gasteiger partial charge in [0.25, 0.3) is 0 Å².